The first kappa shape index (κ1) is 13.1. The Morgan fingerprint density at radius 2 is 2.33 bits per heavy atom. The summed E-state index contributed by atoms with van der Waals surface area (Å²) in [6, 6.07) is 0. The van der Waals surface area contributed by atoms with Crippen LogP contribution in [-0.4, -0.2) is 30.4 Å². The average Bonchev–Trinajstić information content (AvgIpc) is 2.88. The molecule has 2 aliphatic rings. The van der Waals surface area contributed by atoms with Gasteiger partial charge in [-0.15, -0.1) is 0 Å². The Bertz CT molecular complexity index is 370. The zero-order valence-electron chi connectivity index (χ0n) is 10.7. The molecule has 2 unspecified atom stereocenters. The molecular weight excluding hydrogens is 232 g/mol. The molecule has 0 saturated heterocycles. The second-order valence-electron chi connectivity index (χ2n) is 4.69. The lowest BCUT2D eigenvalue weighted by Gasteiger charge is -2.23. The Morgan fingerprint density at radius 1 is 1.50 bits per heavy atom. The van der Waals surface area contributed by atoms with Gasteiger partial charge in [-0.2, -0.15) is 0 Å². The van der Waals surface area contributed by atoms with Gasteiger partial charge in [0.2, 0.25) is 0 Å². The number of carbonyl (C=O) groups is 1. The molecule has 2 rings (SSSR count). The number of hydrogen-bond donors (Lipinski definition) is 1. The second kappa shape index (κ2) is 6.05. The van der Waals surface area contributed by atoms with Crippen molar-refractivity contribution in [2.24, 2.45) is 5.92 Å². The van der Waals surface area contributed by atoms with Gasteiger partial charge in [-0.05, 0) is 32.3 Å². The fraction of sp³-hybridized carbons (Fsp3) is 0.643. The van der Waals surface area contributed by atoms with Crippen LogP contribution in [0.2, 0.25) is 0 Å². The molecule has 1 aliphatic carbocycles. The Hall–Kier alpha value is -1.29. The molecule has 0 radical (unpaired) electrons. The molecule has 0 aromatic carbocycles. The Labute approximate surface area is 107 Å². The van der Waals surface area contributed by atoms with Gasteiger partial charge >= 0.3 is 5.97 Å². The van der Waals surface area contributed by atoms with Crippen LogP contribution in [0.5, 0.6) is 0 Å². The van der Waals surface area contributed by atoms with Crippen molar-refractivity contribution in [3.8, 4) is 0 Å². The normalized spacial score (nSPS) is 27.2. The molecule has 0 amide bonds. The Kier molecular flexibility index (Phi) is 4.42. The van der Waals surface area contributed by atoms with Crippen LogP contribution in [0.1, 0.15) is 32.6 Å². The van der Waals surface area contributed by atoms with Gasteiger partial charge < -0.3 is 14.6 Å². The van der Waals surface area contributed by atoms with E-state index in [4.69, 9.17) is 14.6 Å². The first-order valence-corrected chi connectivity index (χ1v) is 6.58. The van der Waals surface area contributed by atoms with E-state index in [9.17, 15) is 4.79 Å². The van der Waals surface area contributed by atoms with Crippen molar-refractivity contribution < 1.29 is 19.4 Å². The lowest BCUT2D eigenvalue weighted by molar-refractivity contribution is -0.138. The van der Waals surface area contributed by atoms with Crippen molar-refractivity contribution in [2.45, 2.75) is 38.7 Å². The minimum Gasteiger partial charge on any atom is -0.492 e. The minimum atomic E-state index is -0.189. The molecule has 18 heavy (non-hydrogen) atoms. The maximum absolute atomic E-state index is 11.6. The van der Waals surface area contributed by atoms with Crippen LogP contribution in [0.25, 0.3) is 0 Å². The molecule has 1 heterocycles. The maximum atomic E-state index is 11.6. The van der Waals surface area contributed by atoms with Gasteiger partial charge in [0.25, 0.3) is 0 Å². The van der Waals surface area contributed by atoms with Gasteiger partial charge in [0.15, 0.2) is 0 Å². The summed E-state index contributed by atoms with van der Waals surface area (Å²) in [5, 5.41) is 9.02. The third kappa shape index (κ3) is 2.93. The smallest absolute Gasteiger partial charge is 0.333 e. The fourth-order valence-electron chi connectivity index (χ4n) is 2.41. The third-order valence-corrected chi connectivity index (χ3v) is 3.44. The number of allylic oxidation sites excluding steroid dienone is 2. The number of carbonyl (C=O) groups excluding carboxylic acids is 1. The topological polar surface area (TPSA) is 55.8 Å². The summed E-state index contributed by atoms with van der Waals surface area (Å²) >= 11 is 0. The number of aliphatic hydroxyl groups excluding tert-OH is 1. The quantitative estimate of drug-likeness (QED) is 0.777. The molecular formula is C14H20O4. The SMILES string of the molecule is CCOC(=O)C1=CCC(C2=CCC(CO)O2)CC1. The van der Waals surface area contributed by atoms with Gasteiger partial charge in [0.05, 0.1) is 19.0 Å². The van der Waals surface area contributed by atoms with Crippen molar-refractivity contribution in [3.63, 3.8) is 0 Å². The van der Waals surface area contributed by atoms with Crippen molar-refractivity contribution in [1.29, 1.82) is 0 Å². The van der Waals surface area contributed by atoms with Crippen LogP contribution in [0.4, 0.5) is 0 Å². The summed E-state index contributed by atoms with van der Waals surface area (Å²) in [4.78, 5) is 11.6. The van der Waals surface area contributed by atoms with E-state index in [-0.39, 0.29) is 18.7 Å². The van der Waals surface area contributed by atoms with Gasteiger partial charge in [0, 0.05) is 17.9 Å². The predicted molar refractivity (Wildman–Crippen MR) is 66.7 cm³/mol. The maximum Gasteiger partial charge on any atom is 0.333 e. The van der Waals surface area contributed by atoms with Crippen LogP contribution in [-0.2, 0) is 14.3 Å². The highest BCUT2D eigenvalue weighted by atomic mass is 16.5. The van der Waals surface area contributed by atoms with Crippen molar-refractivity contribution >= 4 is 5.97 Å². The summed E-state index contributed by atoms with van der Waals surface area (Å²) in [5.74, 6) is 1.14. The Morgan fingerprint density at radius 3 is 2.89 bits per heavy atom. The van der Waals surface area contributed by atoms with Crippen LogP contribution in [0.3, 0.4) is 0 Å². The predicted octanol–water partition coefficient (Wildman–Crippen LogP) is 1.94. The van der Waals surface area contributed by atoms with Gasteiger partial charge in [-0.3, -0.25) is 0 Å². The lowest BCUT2D eigenvalue weighted by Crippen LogP contribution is -2.17. The molecule has 2 atom stereocenters. The number of aliphatic hydroxyl groups is 1. The highest BCUT2D eigenvalue weighted by Gasteiger charge is 2.27. The van der Waals surface area contributed by atoms with E-state index in [1.54, 1.807) is 0 Å². The summed E-state index contributed by atoms with van der Waals surface area (Å²) in [5.41, 5.74) is 0.783. The molecule has 4 nitrogen and oxygen atoms in total. The highest BCUT2D eigenvalue weighted by molar-refractivity contribution is 5.88. The van der Waals surface area contributed by atoms with Crippen LogP contribution in [0.15, 0.2) is 23.5 Å². The number of esters is 1. The first-order valence-electron chi connectivity index (χ1n) is 6.58. The van der Waals surface area contributed by atoms with Crippen LogP contribution < -0.4 is 0 Å². The molecule has 1 N–H and O–H groups in total. The molecule has 0 saturated carbocycles. The van der Waals surface area contributed by atoms with Gasteiger partial charge in [0.1, 0.15) is 6.10 Å². The summed E-state index contributed by atoms with van der Waals surface area (Å²) in [6.07, 6.45) is 7.21. The van der Waals surface area contributed by atoms with Crippen molar-refractivity contribution in [1.82, 2.24) is 0 Å². The molecule has 0 aromatic heterocycles. The van der Waals surface area contributed by atoms with Gasteiger partial charge in [-0.25, -0.2) is 4.79 Å². The molecule has 0 fully saturated rings. The largest absolute Gasteiger partial charge is 0.492 e. The Balaban J connectivity index is 1.88. The molecule has 0 bridgehead atoms. The highest BCUT2D eigenvalue weighted by Crippen LogP contribution is 2.34. The molecule has 1 aliphatic heterocycles. The standard InChI is InChI=1S/C14H20O4/c1-2-17-14(16)11-5-3-10(4-6-11)13-8-7-12(9-15)18-13/h5,8,10,12,15H,2-4,6-7,9H2,1H3. The minimum absolute atomic E-state index is 0.0661. The van der Waals surface area contributed by atoms with E-state index in [2.05, 4.69) is 6.08 Å². The average molecular weight is 252 g/mol. The van der Waals surface area contributed by atoms with Crippen LogP contribution >= 0.6 is 0 Å². The van der Waals surface area contributed by atoms with E-state index in [0.29, 0.717) is 12.5 Å². The number of hydrogen-bond acceptors (Lipinski definition) is 4. The van der Waals surface area contributed by atoms with E-state index in [1.807, 2.05) is 13.0 Å². The zero-order chi connectivity index (χ0) is 13.0. The first-order chi connectivity index (χ1) is 8.74. The summed E-state index contributed by atoms with van der Waals surface area (Å²) in [7, 11) is 0. The lowest BCUT2D eigenvalue weighted by atomic mass is 9.88. The van der Waals surface area contributed by atoms with Crippen LogP contribution in [0, 0.1) is 5.92 Å². The van der Waals surface area contributed by atoms with Crippen molar-refractivity contribution in [2.75, 3.05) is 13.2 Å². The second-order valence-corrected chi connectivity index (χ2v) is 4.69. The number of rotatable bonds is 4. The molecule has 4 heteroatoms. The zero-order valence-corrected chi connectivity index (χ0v) is 10.7. The summed E-state index contributed by atoms with van der Waals surface area (Å²) < 4.78 is 10.6. The molecule has 100 valence electrons. The molecule has 0 spiro atoms. The molecule has 0 aromatic rings. The van der Waals surface area contributed by atoms with E-state index in [0.717, 1.165) is 37.0 Å². The summed E-state index contributed by atoms with van der Waals surface area (Å²) in [6.45, 7) is 2.30. The monoisotopic (exact) mass is 252 g/mol. The number of ether oxygens (including phenoxy) is 2. The van der Waals surface area contributed by atoms with Gasteiger partial charge in [-0.1, -0.05) is 6.08 Å². The van der Waals surface area contributed by atoms with E-state index >= 15 is 0 Å². The van der Waals surface area contributed by atoms with Crippen molar-refractivity contribution in [3.05, 3.63) is 23.5 Å². The van der Waals surface area contributed by atoms with E-state index < -0.39 is 0 Å². The fourth-order valence-corrected chi connectivity index (χ4v) is 2.41. The van der Waals surface area contributed by atoms with E-state index in [1.165, 1.54) is 0 Å². The third-order valence-electron chi connectivity index (χ3n) is 3.44.